The lowest BCUT2D eigenvalue weighted by Crippen LogP contribution is -2.25. The van der Waals surface area contributed by atoms with E-state index in [4.69, 9.17) is 4.74 Å². The summed E-state index contributed by atoms with van der Waals surface area (Å²) in [6.07, 6.45) is 7.10. The second kappa shape index (κ2) is 9.95. The fourth-order valence-electron chi connectivity index (χ4n) is 3.22. The number of carbonyl (C=O) groups excluding carboxylic acids is 2. The van der Waals surface area contributed by atoms with Crippen LogP contribution in [-0.2, 0) is 4.79 Å². The summed E-state index contributed by atoms with van der Waals surface area (Å²) in [6, 6.07) is 5.29. The number of alkyl halides is 1. The molecule has 0 saturated heterocycles. The Balaban J connectivity index is 2.14. The maximum Gasteiger partial charge on any atom is 0.227 e. The number of Topliss-reactive ketones (excluding diaryl/α,β-unsaturated/α-hetero) is 1. The number of nitrogens with one attached hydrogen (secondary N) is 1. The summed E-state index contributed by atoms with van der Waals surface area (Å²) < 4.78 is 5.67. The van der Waals surface area contributed by atoms with E-state index in [-0.39, 0.29) is 22.4 Å². The zero-order valence-corrected chi connectivity index (χ0v) is 16.7. The number of rotatable bonds is 8. The lowest BCUT2D eigenvalue weighted by atomic mass is 9.88. The molecule has 1 unspecified atom stereocenters. The number of anilines is 1. The van der Waals surface area contributed by atoms with Crippen molar-refractivity contribution < 1.29 is 14.3 Å². The molecule has 138 valence electrons. The van der Waals surface area contributed by atoms with Crippen LogP contribution in [0.1, 0.15) is 69.2 Å². The molecule has 1 aliphatic rings. The lowest BCUT2D eigenvalue weighted by molar-refractivity contribution is -0.120. The number of ether oxygens (including phenoxy) is 1. The molecule has 0 bridgehead atoms. The van der Waals surface area contributed by atoms with Crippen molar-refractivity contribution in [2.24, 2.45) is 5.92 Å². The van der Waals surface area contributed by atoms with Crippen molar-refractivity contribution in [2.75, 3.05) is 11.9 Å². The van der Waals surface area contributed by atoms with Crippen LogP contribution < -0.4 is 10.1 Å². The minimum atomic E-state index is -0.186. The molecular formula is C20H28BrNO3. The minimum absolute atomic E-state index is 0.0490. The highest BCUT2D eigenvalue weighted by molar-refractivity contribution is 9.10. The van der Waals surface area contributed by atoms with Crippen LogP contribution in [0.2, 0.25) is 0 Å². The van der Waals surface area contributed by atoms with Crippen LogP contribution in [0.5, 0.6) is 5.75 Å². The van der Waals surface area contributed by atoms with E-state index in [0.717, 1.165) is 38.5 Å². The maximum atomic E-state index is 12.5. The third-order valence-electron chi connectivity index (χ3n) is 4.63. The second-order valence-electron chi connectivity index (χ2n) is 6.59. The van der Waals surface area contributed by atoms with E-state index >= 15 is 0 Å². The third kappa shape index (κ3) is 5.56. The molecule has 25 heavy (non-hydrogen) atoms. The van der Waals surface area contributed by atoms with Crippen molar-refractivity contribution in [1.29, 1.82) is 0 Å². The first kappa shape index (κ1) is 20.0. The Kier molecular flexibility index (Phi) is 7.94. The fraction of sp³-hybridized carbons (Fsp3) is 0.600. The van der Waals surface area contributed by atoms with Gasteiger partial charge in [-0.05, 0) is 44.4 Å². The Morgan fingerprint density at radius 2 is 1.96 bits per heavy atom. The van der Waals surface area contributed by atoms with E-state index in [1.54, 1.807) is 18.2 Å². The maximum absolute atomic E-state index is 12.5. The highest BCUT2D eigenvalue weighted by Gasteiger charge is 2.23. The molecule has 1 aliphatic carbocycles. The molecule has 0 spiro atoms. The van der Waals surface area contributed by atoms with Crippen LogP contribution in [0.3, 0.4) is 0 Å². The van der Waals surface area contributed by atoms with E-state index in [9.17, 15) is 9.59 Å². The summed E-state index contributed by atoms with van der Waals surface area (Å²) in [7, 11) is 0. The monoisotopic (exact) mass is 409 g/mol. The summed E-state index contributed by atoms with van der Waals surface area (Å²) >= 11 is 3.45. The smallest absolute Gasteiger partial charge is 0.227 e. The topological polar surface area (TPSA) is 55.4 Å². The number of carbonyl (C=O) groups is 2. The molecule has 1 atom stereocenters. The summed E-state index contributed by atoms with van der Waals surface area (Å²) in [5.74, 6) is 0.756. The van der Waals surface area contributed by atoms with Crippen molar-refractivity contribution >= 4 is 33.3 Å². The normalized spacial score (nSPS) is 16.3. The molecular weight excluding hydrogens is 382 g/mol. The van der Waals surface area contributed by atoms with Gasteiger partial charge in [-0.3, -0.25) is 9.59 Å². The zero-order valence-electron chi connectivity index (χ0n) is 15.1. The van der Waals surface area contributed by atoms with Gasteiger partial charge in [0.2, 0.25) is 5.91 Å². The summed E-state index contributed by atoms with van der Waals surface area (Å²) in [5.41, 5.74) is 1.25. The first-order chi connectivity index (χ1) is 12.1. The van der Waals surface area contributed by atoms with Crippen LogP contribution in [0.4, 0.5) is 5.69 Å². The van der Waals surface area contributed by atoms with Crippen LogP contribution in [0, 0.1) is 5.92 Å². The number of hydrogen-bond donors (Lipinski definition) is 1. The van der Waals surface area contributed by atoms with Crippen molar-refractivity contribution in [3.63, 3.8) is 0 Å². The van der Waals surface area contributed by atoms with Gasteiger partial charge in [-0.15, -0.1) is 0 Å². The lowest BCUT2D eigenvalue weighted by Gasteiger charge is -2.21. The number of benzene rings is 1. The van der Waals surface area contributed by atoms with Crippen LogP contribution in [-0.4, -0.2) is 23.1 Å². The van der Waals surface area contributed by atoms with Crippen LogP contribution >= 0.6 is 15.9 Å². The number of ketones is 1. The van der Waals surface area contributed by atoms with Crippen molar-refractivity contribution in [2.45, 2.75) is 63.6 Å². The minimum Gasteiger partial charge on any atom is -0.492 e. The molecule has 4 nitrogen and oxygen atoms in total. The molecule has 1 N–H and O–H groups in total. The highest BCUT2D eigenvalue weighted by Crippen LogP contribution is 2.30. The quantitative estimate of drug-likeness (QED) is 0.464. The van der Waals surface area contributed by atoms with Gasteiger partial charge < -0.3 is 10.1 Å². The Bertz CT molecular complexity index is 597. The van der Waals surface area contributed by atoms with Crippen LogP contribution in [0.25, 0.3) is 0 Å². The molecule has 0 heterocycles. The van der Waals surface area contributed by atoms with E-state index in [1.165, 1.54) is 6.42 Å². The van der Waals surface area contributed by atoms with Gasteiger partial charge in [0.1, 0.15) is 5.75 Å². The summed E-state index contributed by atoms with van der Waals surface area (Å²) in [4.78, 5) is 24.8. The Morgan fingerprint density at radius 3 is 2.60 bits per heavy atom. The Hall–Kier alpha value is -1.36. The van der Waals surface area contributed by atoms with Gasteiger partial charge in [-0.25, -0.2) is 0 Å². The molecule has 1 aromatic carbocycles. The second-order valence-corrected chi connectivity index (χ2v) is 7.69. The molecule has 1 aromatic rings. The third-order valence-corrected chi connectivity index (χ3v) is 5.50. The Labute approximate surface area is 158 Å². The largest absolute Gasteiger partial charge is 0.492 e. The molecule has 1 saturated carbocycles. The van der Waals surface area contributed by atoms with Gasteiger partial charge in [0.05, 0.1) is 17.1 Å². The number of halogens is 1. The molecule has 0 aromatic heterocycles. The van der Waals surface area contributed by atoms with E-state index < -0.39 is 0 Å². The first-order valence-corrected chi connectivity index (χ1v) is 10.2. The van der Waals surface area contributed by atoms with Crippen LogP contribution in [0.15, 0.2) is 18.2 Å². The molecule has 2 rings (SSSR count). The molecule has 1 fully saturated rings. The molecule has 0 radical (unpaired) electrons. The van der Waals surface area contributed by atoms with Gasteiger partial charge in [-0.2, -0.15) is 0 Å². The number of amides is 1. The fourth-order valence-corrected chi connectivity index (χ4v) is 3.94. The first-order valence-electron chi connectivity index (χ1n) is 9.32. The summed E-state index contributed by atoms with van der Waals surface area (Å²) in [5, 5.41) is 3.00. The van der Waals surface area contributed by atoms with Gasteiger partial charge in [-0.1, -0.05) is 48.5 Å². The van der Waals surface area contributed by atoms with Crippen molar-refractivity contribution in [3.8, 4) is 5.75 Å². The number of hydrogen-bond acceptors (Lipinski definition) is 3. The van der Waals surface area contributed by atoms with E-state index in [1.807, 2.05) is 6.92 Å². The van der Waals surface area contributed by atoms with E-state index in [0.29, 0.717) is 23.6 Å². The van der Waals surface area contributed by atoms with Crippen molar-refractivity contribution in [1.82, 2.24) is 0 Å². The van der Waals surface area contributed by atoms with Gasteiger partial charge in [0.15, 0.2) is 5.78 Å². The SMILES string of the molecule is CCCC(Br)C(=O)c1ccc(NC(=O)C2CCCCC2)c(OCC)c1. The van der Waals surface area contributed by atoms with Gasteiger partial charge in [0, 0.05) is 11.5 Å². The molecule has 0 aliphatic heterocycles. The highest BCUT2D eigenvalue weighted by atomic mass is 79.9. The predicted molar refractivity (Wildman–Crippen MR) is 105 cm³/mol. The predicted octanol–water partition coefficient (Wildman–Crippen LogP) is 5.35. The van der Waals surface area contributed by atoms with E-state index in [2.05, 4.69) is 28.2 Å². The molecule has 1 amide bonds. The Morgan fingerprint density at radius 1 is 1.24 bits per heavy atom. The van der Waals surface area contributed by atoms with Gasteiger partial charge in [0.25, 0.3) is 0 Å². The molecule has 5 heteroatoms. The standard InChI is InChI=1S/C20H28BrNO3/c1-3-8-16(21)19(23)15-11-12-17(18(13-15)25-4-2)22-20(24)14-9-6-5-7-10-14/h11-14,16H,3-10H2,1-2H3,(H,22,24). The zero-order chi connectivity index (χ0) is 18.2. The summed E-state index contributed by atoms with van der Waals surface area (Å²) in [6.45, 7) is 4.43. The average Bonchev–Trinajstić information content (AvgIpc) is 2.63. The average molecular weight is 410 g/mol. The van der Waals surface area contributed by atoms with Crippen molar-refractivity contribution in [3.05, 3.63) is 23.8 Å². The van der Waals surface area contributed by atoms with Gasteiger partial charge >= 0.3 is 0 Å².